The zero-order chi connectivity index (χ0) is 17.8. The van der Waals surface area contributed by atoms with Gasteiger partial charge in [0.2, 0.25) is 5.91 Å². The molecule has 3 aromatic rings. The first-order chi connectivity index (χ1) is 12.1. The second-order valence-electron chi connectivity index (χ2n) is 5.89. The van der Waals surface area contributed by atoms with Crippen LogP contribution in [0.4, 0.5) is 0 Å². The van der Waals surface area contributed by atoms with Crippen molar-refractivity contribution < 1.29 is 4.79 Å². The highest BCUT2D eigenvalue weighted by Crippen LogP contribution is 2.12. The minimum Gasteiger partial charge on any atom is -0.352 e. The molecule has 2 aromatic heterocycles. The third-order valence-electron chi connectivity index (χ3n) is 4.22. The van der Waals surface area contributed by atoms with E-state index in [4.69, 9.17) is 0 Å². The number of hydrogen-bond acceptors (Lipinski definition) is 4. The van der Waals surface area contributed by atoms with E-state index < -0.39 is 0 Å². The van der Waals surface area contributed by atoms with Crippen molar-refractivity contribution in [3.05, 3.63) is 53.2 Å². The summed E-state index contributed by atoms with van der Waals surface area (Å²) in [5.74, 6) is -0.188. The second-order valence-corrected chi connectivity index (χ2v) is 5.89. The van der Waals surface area contributed by atoms with Crippen molar-refractivity contribution in [2.75, 3.05) is 0 Å². The van der Waals surface area contributed by atoms with Crippen molar-refractivity contribution in [3.63, 3.8) is 0 Å². The topological polar surface area (TPSA) is 81.8 Å². The zero-order valence-electron chi connectivity index (χ0n) is 14.3. The number of carbonyl (C=O) groups excluding carboxylic acids is 1. The third kappa shape index (κ3) is 3.45. The quantitative estimate of drug-likeness (QED) is 0.743. The largest absolute Gasteiger partial charge is 0.352 e. The van der Waals surface area contributed by atoms with Crippen LogP contribution in [0.5, 0.6) is 0 Å². The van der Waals surface area contributed by atoms with Gasteiger partial charge in [-0.1, -0.05) is 32.0 Å². The highest BCUT2D eigenvalue weighted by Gasteiger charge is 2.14. The molecule has 0 aliphatic carbocycles. The second kappa shape index (κ2) is 7.29. The molecule has 0 radical (unpaired) electrons. The molecule has 25 heavy (non-hydrogen) atoms. The molecule has 0 atom stereocenters. The SMILES string of the molecule is CCC(CC)NC(=O)Cn1cnc2c(cnn2-c2ccccc2)c1=O. The molecular weight excluding hydrogens is 318 g/mol. The lowest BCUT2D eigenvalue weighted by atomic mass is 10.2. The van der Waals surface area contributed by atoms with Gasteiger partial charge >= 0.3 is 0 Å². The van der Waals surface area contributed by atoms with E-state index in [1.165, 1.54) is 17.1 Å². The Hall–Kier alpha value is -2.96. The molecular formula is C18H21N5O2. The van der Waals surface area contributed by atoms with Gasteiger partial charge in [0.05, 0.1) is 11.9 Å². The van der Waals surface area contributed by atoms with Crippen molar-refractivity contribution in [2.45, 2.75) is 39.3 Å². The van der Waals surface area contributed by atoms with Crippen molar-refractivity contribution >= 4 is 16.9 Å². The molecule has 1 aromatic carbocycles. The first kappa shape index (κ1) is 16.9. The molecule has 1 N–H and O–H groups in total. The average Bonchev–Trinajstić information content (AvgIpc) is 3.07. The summed E-state index contributed by atoms with van der Waals surface area (Å²) in [5, 5.41) is 7.58. The summed E-state index contributed by atoms with van der Waals surface area (Å²) in [4.78, 5) is 29.1. The van der Waals surface area contributed by atoms with Crippen molar-refractivity contribution in [1.29, 1.82) is 0 Å². The van der Waals surface area contributed by atoms with Crippen LogP contribution in [0.2, 0.25) is 0 Å². The fraction of sp³-hybridized carbons (Fsp3) is 0.333. The first-order valence-corrected chi connectivity index (χ1v) is 8.42. The molecule has 0 fully saturated rings. The van der Waals surface area contributed by atoms with Crippen LogP contribution in [0, 0.1) is 0 Å². The van der Waals surface area contributed by atoms with Gasteiger partial charge in [-0.3, -0.25) is 14.2 Å². The fourth-order valence-corrected chi connectivity index (χ4v) is 2.74. The maximum Gasteiger partial charge on any atom is 0.264 e. The van der Waals surface area contributed by atoms with Crippen LogP contribution in [0.15, 0.2) is 47.7 Å². The molecule has 0 aliphatic rings. The van der Waals surface area contributed by atoms with Crippen LogP contribution in [-0.2, 0) is 11.3 Å². The summed E-state index contributed by atoms with van der Waals surface area (Å²) >= 11 is 0. The van der Waals surface area contributed by atoms with E-state index in [1.807, 2.05) is 44.2 Å². The van der Waals surface area contributed by atoms with E-state index in [0.717, 1.165) is 18.5 Å². The Bertz CT molecular complexity index is 926. The molecule has 7 heteroatoms. The summed E-state index contributed by atoms with van der Waals surface area (Å²) in [6.07, 6.45) is 4.61. The summed E-state index contributed by atoms with van der Waals surface area (Å²) in [6.45, 7) is 3.99. The molecule has 0 saturated heterocycles. The van der Waals surface area contributed by atoms with Crippen LogP contribution in [0.25, 0.3) is 16.7 Å². The molecule has 3 rings (SSSR count). The van der Waals surface area contributed by atoms with Crippen LogP contribution in [0.1, 0.15) is 26.7 Å². The molecule has 0 unspecified atom stereocenters. The normalized spacial score (nSPS) is 11.2. The molecule has 2 heterocycles. The van der Waals surface area contributed by atoms with Crippen LogP contribution < -0.4 is 10.9 Å². The number of hydrogen-bond donors (Lipinski definition) is 1. The molecule has 7 nitrogen and oxygen atoms in total. The first-order valence-electron chi connectivity index (χ1n) is 8.42. The molecule has 130 valence electrons. The van der Waals surface area contributed by atoms with E-state index in [-0.39, 0.29) is 24.1 Å². The minimum atomic E-state index is -0.271. The van der Waals surface area contributed by atoms with Gasteiger partial charge in [0, 0.05) is 6.04 Å². The highest BCUT2D eigenvalue weighted by atomic mass is 16.2. The monoisotopic (exact) mass is 339 g/mol. The summed E-state index contributed by atoms with van der Waals surface area (Å²) in [7, 11) is 0. The van der Waals surface area contributed by atoms with Crippen molar-refractivity contribution in [1.82, 2.24) is 24.6 Å². The Morgan fingerprint density at radius 2 is 1.92 bits per heavy atom. The lowest BCUT2D eigenvalue weighted by Gasteiger charge is -2.15. The maximum absolute atomic E-state index is 12.6. The van der Waals surface area contributed by atoms with Gasteiger partial charge in [-0.05, 0) is 25.0 Å². The third-order valence-corrected chi connectivity index (χ3v) is 4.22. The number of aromatic nitrogens is 4. The summed E-state index contributed by atoms with van der Waals surface area (Å²) in [5.41, 5.74) is 1.04. The highest BCUT2D eigenvalue weighted by molar-refractivity contribution is 5.78. The molecule has 0 aliphatic heterocycles. The van der Waals surface area contributed by atoms with E-state index in [9.17, 15) is 9.59 Å². The van der Waals surface area contributed by atoms with E-state index in [2.05, 4.69) is 15.4 Å². The summed E-state index contributed by atoms with van der Waals surface area (Å²) < 4.78 is 2.93. The van der Waals surface area contributed by atoms with Gasteiger partial charge in [0.1, 0.15) is 18.3 Å². The fourth-order valence-electron chi connectivity index (χ4n) is 2.74. The van der Waals surface area contributed by atoms with Crippen molar-refractivity contribution in [2.24, 2.45) is 0 Å². The molecule has 1 amide bonds. The summed E-state index contributed by atoms with van der Waals surface area (Å²) in [6, 6.07) is 9.61. The smallest absolute Gasteiger partial charge is 0.264 e. The molecule has 0 saturated carbocycles. The van der Waals surface area contributed by atoms with E-state index >= 15 is 0 Å². The number of amides is 1. The van der Waals surface area contributed by atoms with E-state index in [1.54, 1.807) is 4.68 Å². The van der Waals surface area contributed by atoms with Gasteiger partial charge in [0.15, 0.2) is 5.65 Å². The predicted octanol–water partition coefficient (Wildman–Crippen LogP) is 1.89. The van der Waals surface area contributed by atoms with Gasteiger partial charge < -0.3 is 5.32 Å². The van der Waals surface area contributed by atoms with Gasteiger partial charge in [-0.2, -0.15) is 5.10 Å². The van der Waals surface area contributed by atoms with Gasteiger partial charge in [-0.25, -0.2) is 9.67 Å². The number of nitrogens with zero attached hydrogens (tertiary/aromatic N) is 4. The minimum absolute atomic E-state index is 0.0468. The number of nitrogens with one attached hydrogen (secondary N) is 1. The Kier molecular flexibility index (Phi) is 4.92. The van der Waals surface area contributed by atoms with Crippen LogP contribution in [-0.4, -0.2) is 31.3 Å². The van der Waals surface area contributed by atoms with Gasteiger partial charge in [0.25, 0.3) is 5.56 Å². The number of fused-ring (bicyclic) bond motifs is 1. The van der Waals surface area contributed by atoms with Crippen LogP contribution >= 0.6 is 0 Å². The Morgan fingerprint density at radius 1 is 1.20 bits per heavy atom. The Morgan fingerprint density at radius 3 is 2.60 bits per heavy atom. The average molecular weight is 339 g/mol. The van der Waals surface area contributed by atoms with Gasteiger partial charge in [-0.15, -0.1) is 0 Å². The maximum atomic E-state index is 12.6. The molecule has 0 bridgehead atoms. The number of para-hydroxylation sites is 1. The Balaban J connectivity index is 1.89. The molecule has 0 spiro atoms. The lowest BCUT2D eigenvalue weighted by Crippen LogP contribution is -2.38. The zero-order valence-corrected chi connectivity index (χ0v) is 14.3. The van der Waals surface area contributed by atoms with Crippen LogP contribution in [0.3, 0.4) is 0 Å². The predicted molar refractivity (Wildman–Crippen MR) is 95.6 cm³/mol. The lowest BCUT2D eigenvalue weighted by molar-refractivity contribution is -0.122. The number of benzene rings is 1. The Labute approximate surface area is 145 Å². The number of rotatable bonds is 6. The van der Waals surface area contributed by atoms with Crippen molar-refractivity contribution in [3.8, 4) is 5.69 Å². The number of carbonyl (C=O) groups is 1. The van der Waals surface area contributed by atoms with E-state index in [0.29, 0.717) is 11.0 Å². The standard InChI is InChI=1S/C18H21N5O2/c1-3-13(4-2)21-16(24)11-22-12-19-17-15(18(22)25)10-20-23(17)14-8-6-5-7-9-14/h5-10,12-13H,3-4,11H2,1-2H3,(H,21,24).